The van der Waals surface area contributed by atoms with Crippen molar-refractivity contribution in [2.45, 2.75) is 24.0 Å². The Morgan fingerprint density at radius 3 is 2.50 bits per heavy atom. The van der Waals surface area contributed by atoms with E-state index in [4.69, 9.17) is 27.0 Å². The van der Waals surface area contributed by atoms with Crippen LogP contribution in [0.1, 0.15) is 13.8 Å². The van der Waals surface area contributed by atoms with E-state index in [1.807, 2.05) is 0 Å². The van der Waals surface area contributed by atoms with Gasteiger partial charge in [0.2, 0.25) is 0 Å². The molecule has 0 heterocycles. The molecular weight excluding hydrogens is 324 g/mol. The minimum absolute atomic E-state index is 0.0628. The van der Waals surface area contributed by atoms with Crippen LogP contribution in [0.3, 0.4) is 0 Å². The molecule has 1 N–H and O–H groups in total. The second-order valence-electron chi connectivity index (χ2n) is 4.53. The average Bonchev–Trinajstić information content (AvgIpc) is 2.47. The molecule has 0 bridgehead atoms. The molecule has 0 saturated carbocycles. The zero-order chi connectivity index (χ0) is 16.7. The predicted molar refractivity (Wildman–Crippen MR) is 85.2 cm³/mol. The summed E-state index contributed by atoms with van der Waals surface area (Å²) >= 11 is 7.06. The Bertz CT molecular complexity index is 610. The third-order valence-corrected chi connectivity index (χ3v) is 4.04. The van der Waals surface area contributed by atoms with Crippen LogP contribution in [0.2, 0.25) is 5.02 Å². The normalized spacial score (nSPS) is 12.8. The lowest BCUT2D eigenvalue weighted by atomic mass is 10.0. The van der Waals surface area contributed by atoms with Gasteiger partial charge in [-0.05, 0) is 38.1 Å². The monoisotopic (exact) mass is 338 g/mol. The van der Waals surface area contributed by atoms with Crippen LogP contribution in [-0.2, 0) is 14.3 Å². The number of carbonyl (C=O) groups excluding carboxylic acids is 2. The van der Waals surface area contributed by atoms with Crippen molar-refractivity contribution in [1.29, 1.82) is 10.7 Å². The van der Waals surface area contributed by atoms with Crippen LogP contribution < -0.4 is 0 Å². The Balaban J connectivity index is 2.51. The summed E-state index contributed by atoms with van der Waals surface area (Å²) in [6.07, 6.45) is 0. The standard InChI is InChI=1S/C15H15ClN2O3S/c1-9(18)13(7-17)14(19)8-21-15(20)10(2)22-12-5-3-11(16)4-6-12/h3-6,10,13,18H,8H2,1-2H3/t10-,13-/m1/s1. The van der Waals surface area contributed by atoms with Crippen molar-refractivity contribution in [3.05, 3.63) is 29.3 Å². The third kappa shape index (κ3) is 5.51. The fourth-order valence-corrected chi connectivity index (χ4v) is 2.51. The molecule has 0 saturated heterocycles. The maximum atomic E-state index is 11.8. The molecule has 22 heavy (non-hydrogen) atoms. The number of rotatable bonds is 7. The molecule has 7 heteroatoms. The molecule has 0 spiro atoms. The van der Waals surface area contributed by atoms with E-state index in [9.17, 15) is 9.59 Å². The topological polar surface area (TPSA) is 91.0 Å². The Morgan fingerprint density at radius 1 is 1.41 bits per heavy atom. The number of carbonyl (C=O) groups is 2. The average molecular weight is 339 g/mol. The van der Waals surface area contributed by atoms with Gasteiger partial charge in [-0.2, -0.15) is 5.26 Å². The van der Waals surface area contributed by atoms with Crippen LogP contribution in [-0.4, -0.2) is 29.3 Å². The second-order valence-corrected chi connectivity index (χ2v) is 6.38. The molecule has 0 aliphatic heterocycles. The Morgan fingerprint density at radius 2 is 2.00 bits per heavy atom. The first-order valence-corrected chi connectivity index (χ1v) is 7.67. The minimum Gasteiger partial charge on any atom is -0.457 e. The van der Waals surface area contributed by atoms with Crippen LogP contribution in [0.25, 0.3) is 0 Å². The molecular formula is C15H15ClN2O3S. The largest absolute Gasteiger partial charge is 0.457 e. The van der Waals surface area contributed by atoms with Gasteiger partial charge in [-0.1, -0.05) is 11.6 Å². The first kappa shape index (κ1) is 18.2. The fourth-order valence-electron chi connectivity index (χ4n) is 1.52. The number of thioether (sulfide) groups is 1. The highest BCUT2D eigenvalue weighted by atomic mass is 35.5. The van der Waals surface area contributed by atoms with Gasteiger partial charge in [0.15, 0.2) is 12.4 Å². The van der Waals surface area contributed by atoms with Crippen molar-refractivity contribution in [2.24, 2.45) is 5.92 Å². The third-order valence-electron chi connectivity index (χ3n) is 2.70. The maximum absolute atomic E-state index is 11.8. The Hall–Kier alpha value is -1.84. The molecule has 0 aliphatic rings. The molecule has 1 rings (SSSR count). The van der Waals surface area contributed by atoms with Crippen molar-refractivity contribution >= 4 is 40.8 Å². The lowest BCUT2D eigenvalue weighted by molar-refractivity contribution is -0.147. The first-order valence-electron chi connectivity index (χ1n) is 6.41. The molecule has 1 aromatic rings. The highest BCUT2D eigenvalue weighted by Crippen LogP contribution is 2.25. The fraction of sp³-hybridized carbons (Fsp3) is 0.333. The summed E-state index contributed by atoms with van der Waals surface area (Å²) < 4.78 is 4.91. The number of esters is 1. The maximum Gasteiger partial charge on any atom is 0.319 e. The van der Waals surface area contributed by atoms with E-state index in [1.54, 1.807) is 37.3 Å². The van der Waals surface area contributed by atoms with E-state index in [-0.39, 0.29) is 5.71 Å². The zero-order valence-electron chi connectivity index (χ0n) is 12.1. The van der Waals surface area contributed by atoms with Crippen LogP contribution in [0.5, 0.6) is 0 Å². The van der Waals surface area contributed by atoms with E-state index in [0.717, 1.165) is 4.90 Å². The van der Waals surface area contributed by atoms with E-state index in [1.165, 1.54) is 18.7 Å². The van der Waals surface area contributed by atoms with E-state index >= 15 is 0 Å². The van der Waals surface area contributed by atoms with Crippen molar-refractivity contribution < 1.29 is 14.3 Å². The molecule has 5 nitrogen and oxygen atoms in total. The summed E-state index contributed by atoms with van der Waals surface area (Å²) in [7, 11) is 0. The van der Waals surface area contributed by atoms with Crippen molar-refractivity contribution in [2.75, 3.05) is 6.61 Å². The lowest BCUT2D eigenvalue weighted by Gasteiger charge is -2.12. The van der Waals surface area contributed by atoms with E-state index < -0.39 is 29.5 Å². The SMILES string of the molecule is CC(=N)[C@@H](C#N)C(=O)COC(=O)[C@@H](C)Sc1ccc(Cl)cc1. The number of benzene rings is 1. The molecule has 0 aliphatic carbocycles. The van der Waals surface area contributed by atoms with Gasteiger partial charge >= 0.3 is 5.97 Å². The van der Waals surface area contributed by atoms with Gasteiger partial charge in [-0.3, -0.25) is 9.59 Å². The van der Waals surface area contributed by atoms with Gasteiger partial charge in [0.25, 0.3) is 0 Å². The molecule has 0 aromatic heterocycles. The highest BCUT2D eigenvalue weighted by molar-refractivity contribution is 8.00. The number of ether oxygens (including phenoxy) is 1. The first-order chi connectivity index (χ1) is 10.3. The summed E-state index contributed by atoms with van der Waals surface area (Å²) in [5, 5.41) is 16.2. The number of nitrogens with one attached hydrogen (secondary N) is 1. The molecule has 0 unspecified atom stereocenters. The summed E-state index contributed by atoms with van der Waals surface area (Å²) in [6.45, 7) is 2.53. The number of halogens is 1. The van der Waals surface area contributed by atoms with Gasteiger partial charge in [-0.25, -0.2) is 0 Å². The molecule has 0 amide bonds. The summed E-state index contributed by atoms with van der Waals surface area (Å²) in [4.78, 5) is 24.4. The number of nitrogens with zero attached hydrogens (tertiary/aromatic N) is 1. The van der Waals surface area contributed by atoms with Crippen LogP contribution in [0.15, 0.2) is 29.2 Å². The van der Waals surface area contributed by atoms with E-state index in [0.29, 0.717) is 5.02 Å². The van der Waals surface area contributed by atoms with Crippen molar-refractivity contribution in [3.8, 4) is 6.07 Å². The predicted octanol–water partition coefficient (Wildman–Crippen LogP) is 3.11. The number of nitriles is 1. The number of ketones is 1. The van der Waals surface area contributed by atoms with E-state index in [2.05, 4.69) is 0 Å². The number of hydrogen-bond acceptors (Lipinski definition) is 6. The van der Waals surface area contributed by atoms with Gasteiger partial charge in [0.05, 0.1) is 6.07 Å². The van der Waals surface area contributed by atoms with Crippen molar-refractivity contribution in [3.63, 3.8) is 0 Å². The summed E-state index contributed by atoms with van der Waals surface area (Å²) in [5.74, 6) is -2.30. The smallest absolute Gasteiger partial charge is 0.319 e. The van der Waals surface area contributed by atoms with Crippen LogP contribution >= 0.6 is 23.4 Å². The number of hydrogen-bond donors (Lipinski definition) is 1. The van der Waals surface area contributed by atoms with Gasteiger partial charge in [0.1, 0.15) is 11.2 Å². The zero-order valence-corrected chi connectivity index (χ0v) is 13.7. The number of Topliss-reactive ketones (excluding diaryl/α,β-unsaturated/α-hetero) is 1. The van der Waals surface area contributed by atoms with Gasteiger partial charge in [0, 0.05) is 15.6 Å². The molecule has 0 fully saturated rings. The molecule has 116 valence electrons. The quantitative estimate of drug-likeness (QED) is 0.468. The summed E-state index contributed by atoms with van der Waals surface area (Å²) in [6, 6.07) is 8.72. The van der Waals surface area contributed by atoms with Gasteiger partial charge < -0.3 is 10.1 Å². The minimum atomic E-state index is -1.16. The van der Waals surface area contributed by atoms with Crippen LogP contribution in [0.4, 0.5) is 0 Å². The summed E-state index contributed by atoms with van der Waals surface area (Å²) in [5.41, 5.74) is -0.0628. The molecule has 1 aromatic carbocycles. The highest BCUT2D eigenvalue weighted by Gasteiger charge is 2.23. The molecule has 0 radical (unpaired) electrons. The van der Waals surface area contributed by atoms with Crippen LogP contribution in [0, 0.1) is 22.7 Å². The second kappa shape index (κ2) is 8.57. The van der Waals surface area contributed by atoms with Crippen molar-refractivity contribution in [1.82, 2.24) is 0 Å². The lowest BCUT2D eigenvalue weighted by Crippen LogP contribution is -2.27. The Labute approximate surface area is 138 Å². The molecule has 2 atom stereocenters. The van der Waals surface area contributed by atoms with Gasteiger partial charge in [-0.15, -0.1) is 11.8 Å². The Kier molecular flexibility index (Phi) is 7.09.